The number of rotatable bonds is 6. The smallest absolute Gasteiger partial charge is 0.00684 e. The Morgan fingerprint density at radius 1 is 0.947 bits per heavy atom. The highest BCUT2D eigenvalue weighted by molar-refractivity contribution is 5.20. The van der Waals surface area contributed by atoms with Gasteiger partial charge in [-0.2, -0.15) is 0 Å². The van der Waals surface area contributed by atoms with Crippen LogP contribution in [-0.2, 0) is 0 Å². The maximum Gasteiger partial charge on any atom is 0.00684 e. The summed E-state index contributed by atoms with van der Waals surface area (Å²) >= 11 is 0. The minimum atomic E-state index is 0.727. The first-order valence-electron chi connectivity index (χ1n) is 8.20. The summed E-state index contributed by atoms with van der Waals surface area (Å²) in [6, 6.07) is 12.0. The van der Waals surface area contributed by atoms with Gasteiger partial charge in [0.05, 0.1) is 0 Å². The molecule has 0 aliphatic heterocycles. The van der Waals surface area contributed by atoms with Crippen LogP contribution in [0, 0.1) is 5.92 Å². The monoisotopic (exact) mass is 257 g/mol. The Morgan fingerprint density at radius 2 is 1.68 bits per heavy atom. The van der Waals surface area contributed by atoms with Crippen LogP contribution in [0.2, 0.25) is 0 Å². The topological polar surface area (TPSA) is 12.0 Å². The van der Waals surface area contributed by atoms with E-state index in [4.69, 9.17) is 0 Å². The fourth-order valence-corrected chi connectivity index (χ4v) is 3.48. The van der Waals surface area contributed by atoms with Crippen molar-refractivity contribution in [2.75, 3.05) is 6.54 Å². The quantitative estimate of drug-likeness (QED) is 0.791. The molecule has 1 aromatic carbocycles. The summed E-state index contributed by atoms with van der Waals surface area (Å²) in [7, 11) is 0. The fraction of sp³-hybridized carbons (Fsp3) is 0.667. The molecule has 0 aromatic heterocycles. The van der Waals surface area contributed by atoms with Gasteiger partial charge in [-0.3, -0.25) is 0 Å². The molecule has 1 aromatic rings. The molecule has 2 saturated carbocycles. The largest absolute Gasteiger partial charge is 0.313 e. The molecule has 0 amide bonds. The van der Waals surface area contributed by atoms with Crippen LogP contribution in [-0.4, -0.2) is 12.6 Å². The molecule has 19 heavy (non-hydrogen) atoms. The van der Waals surface area contributed by atoms with Gasteiger partial charge in [-0.15, -0.1) is 0 Å². The SMILES string of the molecule is c1ccc(C(CNC2CC2)CC2CCCCC2)cc1. The Bertz CT molecular complexity index is 363. The Kier molecular flexibility index (Phi) is 4.55. The van der Waals surface area contributed by atoms with E-state index in [2.05, 4.69) is 35.6 Å². The minimum Gasteiger partial charge on any atom is -0.313 e. The van der Waals surface area contributed by atoms with E-state index in [1.54, 1.807) is 5.56 Å². The van der Waals surface area contributed by atoms with Crippen molar-refractivity contribution in [3.63, 3.8) is 0 Å². The maximum atomic E-state index is 3.74. The van der Waals surface area contributed by atoms with Gasteiger partial charge in [-0.1, -0.05) is 62.4 Å². The Hall–Kier alpha value is -0.820. The lowest BCUT2D eigenvalue weighted by Crippen LogP contribution is -2.25. The molecule has 3 rings (SSSR count). The van der Waals surface area contributed by atoms with Crippen molar-refractivity contribution in [3.8, 4) is 0 Å². The van der Waals surface area contributed by atoms with Gasteiger partial charge >= 0.3 is 0 Å². The molecule has 2 aliphatic rings. The van der Waals surface area contributed by atoms with Crippen LogP contribution in [0.15, 0.2) is 30.3 Å². The summed E-state index contributed by atoms with van der Waals surface area (Å²) in [5.41, 5.74) is 1.54. The third-order valence-electron chi connectivity index (χ3n) is 4.84. The van der Waals surface area contributed by atoms with Gasteiger partial charge in [0.2, 0.25) is 0 Å². The number of hydrogen-bond donors (Lipinski definition) is 1. The second-order valence-electron chi connectivity index (χ2n) is 6.53. The molecule has 0 spiro atoms. The maximum absolute atomic E-state index is 3.74. The van der Waals surface area contributed by atoms with Crippen molar-refractivity contribution >= 4 is 0 Å². The van der Waals surface area contributed by atoms with Crippen molar-refractivity contribution < 1.29 is 0 Å². The van der Waals surface area contributed by atoms with E-state index >= 15 is 0 Å². The van der Waals surface area contributed by atoms with E-state index in [9.17, 15) is 0 Å². The molecule has 1 atom stereocenters. The van der Waals surface area contributed by atoms with E-state index < -0.39 is 0 Å². The Morgan fingerprint density at radius 3 is 2.37 bits per heavy atom. The van der Waals surface area contributed by atoms with Crippen LogP contribution in [0.4, 0.5) is 0 Å². The molecule has 2 fully saturated rings. The van der Waals surface area contributed by atoms with Crippen LogP contribution in [0.5, 0.6) is 0 Å². The summed E-state index contributed by atoms with van der Waals surface area (Å²) in [6.07, 6.45) is 11.5. The van der Waals surface area contributed by atoms with Gasteiger partial charge in [-0.05, 0) is 36.7 Å². The van der Waals surface area contributed by atoms with Crippen molar-refractivity contribution in [2.45, 2.75) is 63.3 Å². The lowest BCUT2D eigenvalue weighted by Gasteiger charge is -2.27. The molecule has 0 heterocycles. The first-order valence-corrected chi connectivity index (χ1v) is 8.20. The average Bonchev–Trinajstić information content (AvgIpc) is 3.30. The zero-order valence-electron chi connectivity index (χ0n) is 12.0. The molecule has 0 saturated heterocycles. The molecular weight excluding hydrogens is 230 g/mol. The summed E-state index contributed by atoms with van der Waals surface area (Å²) in [5.74, 6) is 1.70. The van der Waals surface area contributed by atoms with Crippen molar-refractivity contribution in [3.05, 3.63) is 35.9 Å². The minimum absolute atomic E-state index is 0.727. The molecule has 1 unspecified atom stereocenters. The van der Waals surface area contributed by atoms with Crippen molar-refractivity contribution in [2.24, 2.45) is 5.92 Å². The van der Waals surface area contributed by atoms with Crippen LogP contribution >= 0.6 is 0 Å². The van der Waals surface area contributed by atoms with E-state index in [0.29, 0.717) is 0 Å². The standard InChI is InChI=1S/C18H27N/c1-3-7-15(8-4-1)13-17(14-19-18-11-12-18)16-9-5-2-6-10-16/h2,5-6,9-10,15,17-19H,1,3-4,7-8,11-14H2. The third-order valence-corrected chi connectivity index (χ3v) is 4.84. The molecule has 0 radical (unpaired) electrons. The number of benzene rings is 1. The van der Waals surface area contributed by atoms with E-state index in [1.807, 2.05) is 0 Å². The predicted octanol–water partition coefficient (Wildman–Crippen LogP) is 4.49. The lowest BCUT2D eigenvalue weighted by molar-refractivity contribution is 0.313. The first kappa shape index (κ1) is 13.2. The average molecular weight is 257 g/mol. The zero-order valence-corrected chi connectivity index (χ0v) is 12.0. The van der Waals surface area contributed by atoms with Crippen molar-refractivity contribution in [1.82, 2.24) is 5.32 Å². The zero-order chi connectivity index (χ0) is 12.9. The predicted molar refractivity (Wildman–Crippen MR) is 81.4 cm³/mol. The number of hydrogen-bond acceptors (Lipinski definition) is 1. The highest BCUT2D eigenvalue weighted by atomic mass is 14.9. The third kappa shape index (κ3) is 4.07. The summed E-state index contributed by atoms with van der Waals surface area (Å²) < 4.78 is 0. The summed E-state index contributed by atoms with van der Waals surface area (Å²) in [5, 5.41) is 3.74. The second-order valence-corrected chi connectivity index (χ2v) is 6.53. The molecular formula is C18H27N. The highest BCUT2D eigenvalue weighted by Gasteiger charge is 2.24. The Labute approximate surface area is 117 Å². The lowest BCUT2D eigenvalue weighted by atomic mass is 9.80. The highest BCUT2D eigenvalue weighted by Crippen LogP contribution is 2.33. The van der Waals surface area contributed by atoms with Crippen LogP contribution < -0.4 is 5.32 Å². The molecule has 0 bridgehead atoms. The second kappa shape index (κ2) is 6.56. The molecule has 1 nitrogen and oxygen atoms in total. The van der Waals surface area contributed by atoms with Crippen LogP contribution in [0.25, 0.3) is 0 Å². The Balaban J connectivity index is 1.60. The normalized spacial score (nSPS) is 22.3. The van der Waals surface area contributed by atoms with Gasteiger partial charge in [0.1, 0.15) is 0 Å². The summed E-state index contributed by atoms with van der Waals surface area (Å²) in [4.78, 5) is 0. The van der Waals surface area contributed by atoms with Gasteiger partial charge in [0.25, 0.3) is 0 Å². The van der Waals surface area contributed by atoms with Gasteiger partial charge in [0.15, 0.2) is 0 Å². The molecule has 1 heteroatoms. The van der Waals surface area contributed by atoms with E-state index in [0.717, 1.165) is 17.9 Å². The van der Waals surface area contributed by atoms with E-state index in [1.165, 1.54) is 57.9 Å². The van der Waals surface area contributed by atoms with Crippen LogP contribution in [0.3, 0.4) is 0 Å². The molecule has 1 N–H and O–H groups in total. The van der Waals surface area contributed by atoms with Gasteiger partial charge in [0, 0.05) is 12.6 Å². The van der Waals surface area contributed by atoms with E-state index in [-0.39, 0.29) is 0 Å². The number of nitrogens with one attached hydrogen (secondary N) is 1. The molecule has 2 aliphatic carbocycles. The van der Waals surface area contributed by atoms with Gasteiger partial charge in [-0.25, -0.2) is 0 Å². The fourth-order valence-electron chi connectivity index (χ4n) is 3.48. The van der Waals surface area contributed by atoms with Gasteiger partial charge < -0.3 is 5.32 Å². The van der Waals surface area contributed by atoms with Crippen molar-refractivity contribution in [1.29, 1.82) is 0 Å². The first-order chi connectivity index (χ1) is 9.42. The summed E-state index contributed by atoms with van der Waals surface area (Å²) in [6.45, 7) is 1.19. The molecule has 104 valence electrons. The van der Waals surface area contributed by atoms with Crippen LogP contribution in [0.1, 0.15) is 62.8 Å².